The van der Waals surface area contributed by atoms with Crippen LogP contribution in [0.25, 0.3) is 11.5 Å². The second kappa shape index (κ2) is 8.09. The number of fused-ring (bicyclic) bond motifs is 1. The van der Waals surface area contributed by atoms with Gasteiger partial charge in [0.05, 0.1) is 25.6 Å². The maximum atomic E-state index is 12.7. The van der Waals surface area contributed by atoms with Crippen molar-refractivity contribution in [3.8, 4) is 23.0 Å². The standard InChI is InChI=1S/C23H22BrN3O4/c1-29-17-5-2-15(3-6-17)22-26-25-21(30-22)14-27-10-8-23(9-11-27)13-19(28)18-7-4-16(24)12-20(18)31-23/h2-7,12H,8-11,13-14H2,1H3. The van der Waals surface area contributed by atoms with E-state index in [0.717, 1.165) is 41.7 Å². The Labute approximate surface area is 188 Å². The SMILES string of the molecule is COc1ccc(-c2nnc(CN3CCC4(CC3)CC(=O)c3ccc(Br)cc3O4)o2)cc1. The summed E-state index contributed by atoms with van der Waals surface area (Å²) in [6, 6.07) is 13.1. The molecule has 0 bridgehead atoms. The fourth-order valence-electron chi connectivity index (χ4n) is 4.22. The molecule has 0 aliphatic carbocycles. The van der Waals surface area contributed by atoms with Gasteiger partial charge < -0.3 is 13.9 Å². The Morgan fingerprint density at radius 1 is 1.13 bits per heavy atom. The monoisotopic (exact) mass is 483 g/mol. The lowest BCUT2D eigenvalue weighted by Crippen LogP contribution is -2.50. The lowest BCUT2D eigenvalue weighted by Gasteiger charge is -2.43. The second-order valence-electron chi connectivity index (χ2n) is 8.03. The van der Waals surface area contributed by atoms with E-state index in [1.54, 1.807) is 7.11 Å². The predicted molar refractivity (Wildman–Crippen MR) is 117 cm³/mol. The first-order chi connectivity index (χ1) is 15.0. The third-order valence-corrected chi connectivity index (χ3v) is 6.48. The van der Waals surface area contributed by atoms with E-state index in [1.807, 2.05) is 42.5 Å². The van der Waals surface area contributed by atoms with E-state index in [0.29, 0.717) is 36.1 Å². The van der Waals surface area contributed by atoms with Crippen molar-refractivity contribution >= 4 is 21.7 Å². The van der Waals surface area contributed by atoms with Gasteiger partial charge in [-0.15, -0.1) is 10.2 Å². The van der Waals surface area contributed by atoms with Crippen LogP contribution < -0.4 is 9.47 Å². The number of halogens is 1. The van der Waals surface area contributed by atoms with E-state index in [2.05, 4.69) is 31.0 Å². The number of piperidine rings is 1. The summed E-state index contributed by atoms with van der Waals surface area (Å²) in [5.41, 5.74) is 1.11. The van der Waals surface area contributed by atoms with E-state index in [-0.39, 0.29) is 5.78 Å². The Kier molecular flexibility index (Phi) is 5.27. The Hall–Kier alpha value is -2.71. The number of carbonyl (C=O) groups is 1. The largest absolute Gasteiger partial charge is 0.497 e. The molecule has 2 aromatic carbocycles. The molecule has 0 atom stereocenters. The molecule has 0 radical (unpaired) electrons. The summed E-state index contributed by atoms with van der Waals surface area (Å²) >= 11 is 3.47. The Balaban J connectivity index is 1.23. The number of aromatic nitrogens is 2. The number of methoxy groups -OCH3 is 1. The molecular weight excluding hydrogens is 462 g/mol. The Bertz CT molecular complexity index is 1100. The van der Waals surface area contributed by atoms with Gasteiger partial charge in [-0.1, -0.05) is 15.9 Å². The van der Waals surface area contributed by atoms with Crippen LogP contribution in [-0.2, 0) is 6.54 Å². The molecule has 0 N–H and O–H groups in total. The molecule has 0 saturated carbocycles. The van der Waals surface area contributed by atoms with Crippen LogP contribution in [0.4, 0.5) is 0 Å². The molecule has 0 amide bonds. The quantitative estimate of drug-likeness (QED) is 0.540. The maximum Gasteiger partial charge on any atom is 0.247 e. The number of hydrogen-bond donors (Lipinski definition) is 0. The van der Waals surface area contributed by atoms with Crippen molar-refractivity contribution in [2.75, 3.05) is 20.2 Å². The minimum atomic E-state index is -0.426. The Morgan fingerprint density at radius 3 is 2.65 bits per heavy atom. The fourth-order valence-corrected chi connectivity index (χ4v) is 4.56. The minimum absolute atomic E-state index is 0.156. The van der Waals surface area contributed by atoms with Gasteiger partial charge in [0.15, 0.2) is 5.78 Å². The van der Waals surface area contributed by atoms with Crippen LogP contribution in [0.3, 0.4) is 0 Å². The zero-order valence-electron chi connectivity index (χ0n) is 17.1. The van der Waals surface area contributed by atoms with E-state index in [1.165, 1.54) is 0 Å². The molecular formula is C23H22BrN3O4. The van der Waals surface area contributed by atoms with Crippen molar-refractivity contribution in [3.05, 3.63) is 58.4 Å². The Morgan fingerprint density at radius 2 is 1.90 bits per heavy atom. The van der Waals surface area contributed by atoms with Gasteiger partial charge in [-0.2, -0.15) is 0 Å². The fraction of sp³-hybridized carbons (Fsp3) is 0.348. The van der Waals surface area contributed by atoms with Gasteiger partial charge in [0.25, 0.3) is 0 Å². The molecule has 2 aliphatic heterocycles. The molecule has 31 heavy (non-hydrogen) atoms. The molecule has 3 heterocycles. The average molecular weight is 484 g/mol. The molecule has 7 nitrogen and oxygen atoms in total. The van der Waals surface area contributed by atoms with Crippen molar-refractivity contribution in [3.63, 3.8) is 0 Å². The first kappa shape index (κ1) is 20.2. The molecule has 1 aromatic heterocycles. The van der Waals surface area contributed by atoms with E-state index < -0.39 is 5.60 Å². The molecule has 5 rings (SSSR count). The van der Waals surface area contributed by atoms with Crippen molar-refractivity contribution < 1.29 is 18.7 Å². The summed E-state index contributed by atoms with van der Waals surface area (Å²) < 4.78 is 18.3. The van der Waals surface area contributed by atoms with Crippen molar-refractivity contribution in [2.24, 2.45) is 0 Å². The molecule has 0 unspecified atom stereocenters. The van der Waals surface area contributed by atoms with E-state index in [4.69, 9.17) is 13.9 Å². The summed E-state index contributed by atoms with van der Waals surface area (Å²) in [5, 5.41) is 8.38. The average Bonchev–Trinajstić information content (AvgIpc) is 3.24. The number of ketones is 1. The maximum absolute atomic E-state index is 12.7. The van der Waals surface area contributed by atoms with Crippen molar-refractivity contribution in [2.45, 2.75) is 31.4 Å². The minimum Gasteiger partial charge on any atom is -0.497 e. The number of rotatable bonds is 4. The first-order valence-electron chi connectivity index (χ1n) is 10.2. The molecule has 160 valence electrons. The number of nitrogens with zero attached hydrogens (tertiary/aromatic N) is 3. The number of Topliss-reactive ketones (excluding diaryl/α,β-unsaturated/α-hetero) is 1. The van der Waals surface area contributed by atoms with Gasteiger partial charge in [0, 0.05) is 36.0 Å². The molecule has 1 fully saturated rings. The van der Waals surface area contributed by atoms with Gasteiger partial charge in [-0.25, -0.2) is 0 Å². The van der Waals surface area contributed by atoms with E-state index >= 15 is 0 Å². The number of ether oxygens (including phenoxy) is 2. The summed E-state index contributed by atoms with van der Waals surface area (Å²) in [6.07, 6.45) is 1.99. The van der Waals surface area contributed by atoms with Gasteiger partial charge >= 0.3 is 0 Å². The van der Waals surface area contributed by atoms with Crippen LogP contribution in [0.1, 0.15) is 35.5 Å². The summed E-state index contributed by atoms with van der Waals surface area (Å²) in [7, 11) is 1.63. The number of benzene rings is 2. The zero-order chi connectivity index (χ0) is 21.4. The topological polar surface area (TPSA) is 77.7 Å². The number of hydrogen-bond acceptors (Lipinski definition) is 7. The zero-order valence-corrected chi connectivity index (χ0v) is 18.7. The normalized spacial score (nSPS) is 17.9. The van der Waals surface area contributed by atoms with Crippen LogP contribution in [-0.4, -0.2) is 46.7 Å². The molecule has 8 heteroatoms. The second-order valence-corrected chi connectivity index (χ2v) is 8.95. The predicted octanol–water partition coefficient (Wildman–Crippen LogP) is 4.51. The lowest BCUT2D eigenvalue weighted by atomic mass is 9.82. The molecule has 3 aromatic rings. The highest BCUT2D eigenvalue weighted by Gasteiger charge is 2.43. The van der Waals surface area contributed by atoms with Crippen LogP contribution in [0, 0.1) is 0 Å². The van der Waals surface area contributed by atoms with Gasteiger partial charge in [-0.3, -0.25) is 9.69 Å². The molecule has 2 aliphatic rings. The van der Waals surface area contributed by atoms with Crippen molar-refractivity contribution in [1.82, 2.24) is 15.1 Å². The number of carbonyl (C=O) groups excluding carboxylic acids is 1. The first-order valence-corrected chi connectivity index (χ1v) is 11.0. The highest BCUT2D eigenvalue weighted by molar-refractivity contribution is 9.10. The van der Waals surface area contributed by atoms with Crippen molar-refractivity contribution in [1.29, 1.82) is 0 Å². The lowest BCUT2D eigenvalue weighted by molar-refractivity contribution is -0.0123. The van der Waals surface area contributed by atoms with Crippen LogP contribution >= 0.6 is 15.9 Å². The molecule has 1 spiro atoms. The third kappa shape index (κ3) is 4.09. The highest BCUT2D eigenvalue weighted by Crippen LogP contribution is 2.40. The highest BCUT2D eigenvalue weighted by atomic mass is 79.9. The van der Waals surface area contributed by atoms with Crippen LogP contribution in [0.15, 0.2) is 51.4 Å². The smallest absolute Gasteiger partial charge is 0.247 e. The van der Waals surface area contributed by atoms with Gasteiger partial charge in [-0.05, 0) is 42.5 Å². The third-order valence-electron chi connectivity index (χ3n) is 5.98. The summed E-state index contributed by atoms with van der Waals surface area (Å²) in [4.78, 5) is 14.9. The molecule has 1 saturated heterocycles. The van der Waals surface area contributed by atoms with Gasteiger partial charge in [0.2, 0.25) is 11.8 Å². The summed E-state index contributed by atoms with van der Waals surface area (Å²) in [5.74, 6) is 2.69. The summed E-state index contributed by atoms with van der Waals surface area (Å²) in [6.45, 7) is 2.18. The number of likely N-dealkylation sites (tertiary alicyclic amines) is 1. The van der Waals surface area contributed by atoms with Gasteiger partial charge in [0.1, 0.15) is 17.1 Å². The van der Waals surface area contributed by atoms with E-state index in [9.17, 15) is 4.79 Å². The van der Waals surface area contributed by atoms with Crippen LogP contribution in [0.5, 0.6) is 11.5 Å². The van der Waals surface area contributed by atoms with Crippen LogP contribution in [0.2, 0.25) is 0 Å².